The molecular formula is C14H36N2O5Si2. The van der Waals surface area contributed by atoms with Crippen LogP contribution in [0.3, 0.4) is 0 Å². The molecule has 140 valence electrons. The Morgan fingerprint density at radius 1 is 1.22 bits per heavy atom. The number of amides is 1. The molecule has 23 heavy (non-hydrogen) atoms. The normalized spacial score (nSPS) is 13.2. The van der Waals surface area contributed by atoms with Crippen LogP contribution in [0.2, 0.25) is 25.7 Å². The fourth-order valence-electron chi connectivity index (χ4n) is 1.18. The molecule has 1 atom stereocenters. The molecule has 7 nitrogen and oxygen atoms in total. The van der Waals surface area contributed by atoms with E-state index in [1.165, 1.54) is 0 Å². The molecule has 0 aromatic carbocycles. The summed E-state index contributed by atoms with van der Waals surface area (Å²) in [7, 11) is 5.54. The Balaban J connectivity index is -0.000000413. The van der Waals surface area contributed by atoms with Crippen molar-refractivity contribution in [3.8, 4) is 0 Å². The number of carboxylic acids is 1. The largest absolute Gasteiger partial charge is 0.481 e. The highest BCUT2D eigenvalue weighted by Crippen LogP contribution is 2.26. The van der Waals surface area contributed by atoms with Crippen LogP contribution < -0.4 is 5.73 Å². The summed E-state index contributed by atoms with van der Waals surface area (Å²) in [6.07, 6.45) is 0.403. The molecule has 4 N–H and O–H groups in total. The van der Waals surface area contributed by atoms with E-state index < -0.39 is 25.8 Å². The summed E-state index contributed by atoms with van der Waals surface area (Å²) in [5.74, 6) is -0.726. The van der Waals surface area contributed by atoms with Crippen molar-refractivity contribution in [3.63, 3.8) is 0 Å². The van der Waals surface area contributed by atoms with Crippen LogP contribution in [-0.2, 0) is 9.22 Å². The van der Waals surface area contributed by atoms with E-state index in [1.54, 1.807) is 6.92 Å². The van der Waals surface area contributed by atoms with Crippen LogP contribution in [0.15, 0.2) is 0 Å². The molecule has 9 heteroatoms. The van der Waals surface area contributed by atoms with Gasteiger partial charge in [0, 0.05) is 16.8 Å². The quantitative estimate of drug-likeness (QED) is 0.584. The molecule has 0 saturated heterocycles. The molecule has 0 bridgehead atoms. The van der Waals surface area contributed by atoms with Crippen LogP contribution in [0, 0.1) is 5.41 Å². The minimum atomic E-state index is -1.61. The fraction of sp³-hybridized carbons (Fsp3) is 0.857. The maximum absolute atomic E-state index is 11.2. The maximum Gasteiger partial charge on any atom is 0.402 e. The van der Waals surface area contributed by atoms with Crippen molar-refractivity contribution in [3.05, 3.63) is 0 Å². The molecule has 0 rings (SSSR count). The minimum absolute atomic E-state index is 0.361. The highest BCUT2D eigenvalue weighted by Gasteiger charge is 2.34. The number of rotatable bonds is 7. The van der Waals surface area contributed by atoms with Crippen LogP contribution in [0.5, 0.6) is 0 Å². The first kappa shape index (κ1) is 27.0. The Hall–Kier alpha value is -0.906. The van der Waals surface area contributed by atoms with Crippen LogP contribution in [-0.4, -0.2) is 73.5 Å². The summed E-state index contributed by atoms with van der Waals surface area (Å²) in [6.45, 7) is 8.41. The van der Waals surface area contributed by atoms with Crippen molar-refractivity contribution >= 4 is 30.6 Å². The highest BCUT2D eigenvalue weighted by molar-refractivity contribution is 6.69. The van der Waals surface area contributed by atoms with E-state index in [0.29, 0.717) is 6.61 Å². The van der Waals surface area contributed by atoms with E-state index in [2.05, 4.69) is 25.4 Å². The number of nitrogens with two attached hydrogens (primary N) is 1. The number of hydrogen-bond donors (Lipinski definition) is 3. The number of carboxylic acid groups (broad SMARTS) is 2. The first-order valence-electron chi connectivity index (χ1n) is 7.64. The molecular weight excluding hydrogens is 332 g/mol. The van der Waals surface area contributed by atoms with Gasteiger partial charge in [-0.3, -0.25) is 4.79 Å². The number of primary amides is 1. The lowest BCUT2D eigenvalue weighted by Crippen LogP contribution is -2.38. The highest BCUT2D eigenvalue weighted by atomic mass is 28.4. The van der Waals surface area contributed by atoms with Gasteiger partial charge in [-0.1, -0.05) is 12.5 Å². The molecule has 0 saturated carbocycles. The minimum Gasteiger partial charge on any atom is -0.481 e. The molecule has 0 spiro atoms. The maximum atomic E-state index is 11.2. The number of hydrogen-bond acceptors (Lipinski definition) is 4. The molecule has 0 aromatic rings. The molecule has 0 heterocycles. The third-order valence-corrected chi connectivity index (χ3v) is 4.14. The Labute approximate surface area is 144 Å². The van der Waals surface area contributed by atoms with Crippen LogP contribution in [0.4, 0.5) is 4.79 Å². The second kappa shape index (κ2) is 13.5. The molecule has 1 unspecified atom stereocenters. The number of carbonyl (C=O) groups is 2. The van der Waals surface area contributed by atoms with Gasteiger partial charge >= 0.3 is 12.1 Å². The smallest absolute Gasteiger partial charge is 0.402 e. The number of aliphatic carboxylic acids is 1. The third kappa shape index (κ3) is 26.3. The Kier molecular flexibility index (Phi) is 15.9. The Morgan fingerprint density at radius 3 is 1.78 bits per heavy atom. The van der Waals surface area contributed by atoms with E-state index in [4.69, 9.17) is 14.3 Å². The first-order valence-corrected chi connectivity index (χ1v) is 12.5. The average molecular weight is 369 g/mol. The zero-order chi connectivity index (χ0) is 19.3. The first-order chi connectivity index (χ1) is 10.2. The van der Waals surface area contributed by atoms with E-state index >= 15 is 0 Å². The molecule has 0 fully saturated rings. The monoisotopic (exact) mass is 368 g/mol. The van der Waals surface area contributed by atoms with Crippen molar-refractivity contribution < 1.29 is 24.2 Å². The third-order valence-electron chi connectivity index (χ3n) is 2.42. The topological polar surface area (TPSA) is 113 Å². The van der Waals surface area contributed by atoms with E-state index in [0.717, 1.165) is 29.1 Å². The molecule has 0 radical (unpaired) electrons. The van der Waals surface area contributed by atoms with Gasteiger partial charge in [-0.25, -0.2) is 4.79 Å². The van der Waals surface area contributed by atoms with Gasteiger partial charge in [0.15, 0.2) is 8.32 Å². The van der Waals surface area contributed by atoms with Gasteiger partial charge < -0.3 is 25.3 Å². The van der Waals surface area contributed by atoms with Crippen molar-refractivity contribution in [1.29, 1.82) is 0 Å². The van der Waals surface area contributed by atoms with Gasteiger partial charge in [-0.15, -0.1) is 0 Å². The standard InChI is InChI=1S/C10H24O3Si2.C3H9N.CH3NO2/c1-10(9(11)12,6-5-7-14)8-13-15(2,3)4;1-4(2)3;2-1(3)4/h5-8H2,1-4,14H3,(H,11,12);1-3H3;2H2,(H,3,4). The van der Waals surface area contributed by atoms with Crippen molar-refractivity contribution in [2.75, 3.05) is 27.7 Å². The predicted molar refractivity (Wildman–Crippen MR) is 101 cm³/mol. The van der Waals surface area contributed by atoms with Crippen molar-refractivity contribution in [2.24, 2.45) is 11.1 Å². The van der Waals surface area contributed by atoms with Gasteiger partial charge in [0.25, 0.3) is 0 Å². The van der Waals surface area contributed by atoms with Crippen LogP contribution in [0.25, 0.3) is 0 Å². The van der Waals surface area contributed by atoms with E-state index in [1.807, 2.05) is 26.0 Å². The second-order valence-corrected chi connectivity index (χ2v) is 12.6. The fourth-order valence-corrected chi connectivity index (χ4v) is 2.29. The van der Waals surface area contributed by atoms with Crippen LogP contribution >= 0.6 is 0 Å². The van der Waals surface area contributed by atoms with E-state index in [-0.39, 0.29) is 0 Å². The average Bonchev–Trinajstić information content (AvgIpc) is 2.31. The summed E-state index contributed by atoms with van der Waals surface area (Å²) >= 11 is 0. The van der Waals surface area contributed by atoms with Crippen molar-refractivity contribution in [2.45, 2.75) is 45.5 Å². The molecule has 0 aliphatic carbocycles. The zero-order valence-corrected chi connectivity index (χ0v) is 19.0. The lowest BCUT2D eigenvalue weighted by molar-refractivity contribution is -0.150. The lowest BCUT2D eigenvalue weighted by atomic mass is 9.87. The van der Waals surface area contributed by atoms with Gasteiger partial charge in [-0.05, 0) is 54.1 Å². The van der Waals surface area contributed by atoms with Crippen LogP contribution in [0.1, 0.15) is 19.8 Å². The molecule has 0 aromatic heterocycles. The zero-order valence-electron chi connectivity index (χ0n) is 16.0. The number of nitrogens with zero attached hydrogens (tertiary/aromatic N) is 1. The van der Waals surface area contributed by atoms with E-state index in [9.17, 15) is 9.90 Å². The summed E-state index contributed by atoms with van der Waals surface area (Å²) in [5.41, 5.74) is 3.34. The van der Waals surface area contributed by atoms with Gasteiger partial charge in [0.2, 0.25) is 0 Å². The van der Waals surface area contributed by atoms with Gasteiger partial charge in [0.1, 0.15) is 0 Å². The lowest BCUT2D eigenvalue weighted by Gasteiger charge is -2.28. The Bertz CT molecular complexity index is 329. The summed E-state index contributed by atoms with van der Waals surface area (Å²) in [6, 6.07) is 1.16. The summed E-state index contributed by atoms with van der Waals surface area (Å²) in [4.78, 5) is 22.0. The van der Waals surface area contributed by atoms with Crippen molar-refractivity contribution in [1.82, 2.24) is 4.90 Å². The Morgan fingerprint density at radius 2 is 1.57 bits per heavy atom. The second-order valence-electron chi connectivity index (χ2n) is 7.05. The molecule has 0 aliphatic heterocycles. The molecule has 0 aliphatic rings. The van der Waals surface area contributed by atoms with Gasteiger partial charge in [-0.2, -0.15) is 0 Å². The summed E-state index contributed by atoms with van der Waals surface area (Å²) in [5, 5.41) is 16.4. The SMILES string of the molecule is CC(CCC[SiH3])(CO[Si](C)(C)C)C(=O)O.CN(C)C.NC(=O)O. The predicted octanol–water partition coefficient (Wildman–Crippen LogP) is 1.29. The van der Waals surface area contributed by atoms with Gasteiger partial charge in [0.05, 0.1) is 5.41 Å². The summed E-state index contributed by atoms with van der Waals surface area (Å²) < 4.78 is 5.72. The molecule has 1 amide bonds.